The zero-order chi connectivity index (χ0) is 16.1. The average molecular weight is 304 g/mol. The molecule has 1 amide bonds. The number of amides is 1. The van der Waals surface area contributed by atoms with Crippen molar-refractivity contribution in [2.45, 2.75) is 13.0 Å². The minimum Gasteiger partial charge on any atom is -0.478 e. The monoisotopic (exact) mass is 304 g/mol. The van der Waals surface area contributed by atoms with E-state index in [1.807, 2.05) is 0 Å². The third kappa shape index (κ3) is 3.78. The van der Waals surface area contributed by atoms with Crippen molar-refractivity contribution in [1.82, 2.24) is 0 Å². The predicted molar refractivity (Wildman–Crippen MR) is 78.2 cm³/mol. The van der Waals surface area contributed by atoms with Crippen LogP contribution in [0.15, 0.2) is 48.5 Å². The normalized spacial score (nSPS) is 11.5. The van der Waals surface area contributed by atoms with E-state index >= 15 is 0 Å². The summed E-state index contributed by atoms with van der Waals surface area (Å²) in [4.78, 5) is 22.1. The van der Waals surface area contributed by atoms with Gasteiger partial charge >= 0.3 is 0 Å². The van der Waals surface area contributed by atoms with Crippen molar-refractivity contribution >= 4 is 17.3 Å². The van der Waals surface area contributed by atoms with E-state index < -0.39 is 22.8 Å². The molecule has 2 aromatic rings. The Hall–Kier alpha value is -2.96. The Bertz CT molecular complexity index is 705. The molecule has 2 aromatic carbocycles. The molecule has 0 radical (unpaired) electrons. The van der Waals surface area contributed by atoms with E-state index in [4.69, 9.17) is 4.74 Å². The van der Waals surface area contributed by atoms with Crippen LogP contribution in [0.25, 0.3) is 0 Å². The Balaban J connectivity index is 2.04. The van der Waals surface area contributed by atoms with E-state index in [-0.39, 0.29) is 17.1 Å². The quantitative estimate of drug-likeness (QED) is 0.679. The van der Waals surface area contributed by atoms with Crippen molar-refractivity contribution in [3.63, 3.8) is 0 Å². The number of para-hydroxylation sites is 1. The molecule has 114 valence electrons. The Morgan fingerprint density at radius 1 is 1.27 bits per heavy atom. The topological polar surface area (TPSA) is 81.5 Å². The third-order valence-corrected chi connectivity index (χ3v) is 2.83. The molecule has 0 saturated carbocycles. The molecule has 1 N–H and O–H groups in total. The van der Waals surface area contributed by atoms with Gasteiger partial charge in [0.05, 0.1) is 4.92 Å². The summed E-state index contributed by atoms with van der Waals surface area (Å²) >= 11 is 0. The minimum atomic E-state index is -0.962. The van der Waals surface area contributed by atoms with Crippen molar-refractivity contribution < 1.29 is 18.8 Å². The maximum atomic E-state index is 13.5. The summed E-state index contributed by atoms with van der Waals surface area (Å²) in [6, 6.07) is 11.2. The van der Waals surface area contributed by atoms with Gasteiger partial charge in [0.2, 0.25) is 0 Å². The second-order valence-electron chi connectivity index (χ2n) is 4.49. The van der Waals surface area contributed by atoms with Gasteiger partial charge in [0.1, 0.15) is 0 Å². The molecule has 1 unspecified atom stereocenters. The fourth-order valence-electron chi connectivity index (χ4n) is 1.73. The maximum absolute atomic E-state index is 13.5. The van der Waals surface area contributed by atoms with Gasteiger partial charge in [-0.05, 0) is 25.1 Å². The van der Waals surface area contributed by atoms with Gasteiger partial charge in [-0.2, -0.15) is 0 Å². The number of nitro groups is 1. The first-order valence-electron chi connectivity index (χ1n) is 6.44. The number of rotatable bonds is 5. The number of benzene rings is 2. The van der Waals surface area contributed by atoms with Crippen LogP contribution in [-0.4, -0.2) is 16.9 Å². The van der Waals surface area contributed by atoms with Gasteiger partial charge in [0, 0.05) is 17.8 Å². The van der Waals surface area contributed by atoms with Crippen LogP contribution in [-0.2, 0) is 4.79 Å². The van der Waals surface area contributed by atoms with Crippen molar-refractivity contribution in [2.75, 3.05) is 5.32 Å². The van der Waals surface area contributed by atoms with Gasteiger partial charge in [0.25, 0.3) is 11.6 Å². The molecule has 0 saturated heterocycles. The Kier molecular flexibility index (Phi) is 4.67. The molecular weight excluding hydrogens is 291 g/mol. The number of hydrogen-bond acceptors (Lipinski definition) is 4. The molecule has 6 nitrogen and oxygen atoms in total. The first-order chi connectivity index (χ1) is 10.5. The number of non-ortho nitro benzene ring substituents is 1. The number of halogens is 1. The van der Waals surface area contributed by atoms with Gasteiger partial charge in [-0.25, -0.2) is 4.39 Å². The second kappa shape index (κ2) is 6.66. The highest BCUT2D eigenvalue weighted by molar-refractivity contribution is 5.94. The molecule has 7 heteroatoms. The molecular formula is C15H13FN2O4. The summed E-state index contributed by atoms with van der Waals surface area (Å²) < 4.78 is 18.7. The molecule has 0 aliphatic carbocycles. The number of ether oxygens (including phenoxy) is 1. The molecule has 22 heavy (non-hydrogen) atoms. The smallest absolute Gasteiger partial charge is 0.271 e. The summed E-state index contributed by atoms with van der Waals surface area (Å²) in [7, 11) is 0. The molecule has 0 fully saturated rings. The number of anilines is 1. The molecule has 2 rings (SSSR count). The fourth-order valence-corrected chi connectivity index (χ4v) is 1.73. The zero-order valence-electron chi connectivity index (χ0n) is 11.7. The lowest BCUT2D eigenvalue weighted by atomic mass is 10.2. The van der Waals surface area contributed by atoms with E-state index in [2.05, 4.69) is 5.32 Å². The van der Waals surface area contributed by atoms with Crippen LogP contribution in [0.1, 0.15) is 6.92 Å². The number of carbonyl (C=O) groups is 1. The van der Waals surface area contributed by atoms with Crippen LogP contribution >= 0.6 is 0 Å². The second-order valence-corrected chi connectivity index (χ2v) is 4.49. The van der Waals surface area contributed by atoms with Gasteiger partial charge in [0.15, 0.2) is 17.7 Å². The first-order valence-corrected chi connectivity index (χ1v) is 6.44. The van der Waals surface area contributed by atoms with Crippen LogP contribution in [0.5, 0.6) is 5.75 Å². The van der Waals surface area contributed by atoms with Crippen LogP contribution in [0.3, 0.4) is 0 Å². The highest BCUT2D eigenvalue weighted by Crippen LogP contribution is 2.19. The Morgan fingerprint density at radius 3 is 2.68 bits per heavy atom. The number of hydrogen-bond donors (Lipinski definition) is 1. The molecule has 0 heterocycles. The SMILES string of the molecule is CC(Oc1ccccc1F)C(=O)Nc1cccc([N+](=O)[O-])c1. The summed E-state index contributed by atoms with van der Waals surface area (Å²) in [5.41, 5.74) is 0.128. The predicted octanol–water partition coefficient (Wildman–Crippen LogP) is 3.14. The lowest BCUT2D eigenvalue weighted by Gasteiger charge is -2.15. The van der Waals surface area contributed by atoms with Gasteiger partial charge < -0.3 is 10.1 Å². The Morgan fingerprint density at radius 2 is 2.00 bits per heavy atom. The lowest BCUT2D eigenvalue weighted by molar-refractivity contribution is -0.384. The van der Waals surface area contributed by atoms with E-state index in [1.165, 1.54) is 49.4 Å². The number of nitrogens with one attached hydrogen (secondary N) is 1. The molecule has 0 aliphatic heterocycles. The highest BCUT2D eigenvalue weighted by Gasteiger charge is 2.17. The standard InChI is InChI=1S/C15H13FN2O4/c1-10(22-14-8-3-2-7-13(14)16)15(19)17-11-5-4-6-12(9-11)18(20)21/h2-10H,1H3,(H,17,19). The largest absolute Gasteiger partial charge is 0.478 e. The number of carbonyl (C=O) groups excluding carboxylic acids is 1. The van der Waals surface area contributed by atoms with E-state index in [1.54, 1.807) is 6.07 Å². The van der Waals surface area contributed by atoms with Crippen LogP contribution < -0.4 is 10.1 Å². The van der Waals surface area contributed by atoms with Crippen LogP contribution in [0.2, 0.25) is 0 Å². The van der Waals surface area contributed by atoms with Gasteiger partial charge in [-0.1, -0.05) is 18.2 Å². The van der Waals surface area contributed by atoms with Gasteiger partial charge in [-0.15, -0.1) is 0 Å². The third-order valence-electron chi connectivity index (χ3n) is 2.83. The molecule has 0 spiro atoms. The fraction of sp³-hybridized carbons (Fsp3) is 0.133. The molecule has 0 aliphatic rings. The average Bonchev–Trinajstić information content (AvgIpc) is 2.49. The van der Waals surface area contributed by atoms with Crippen LogP contribution in [0.4, 0.5) is 15.8 Å². The van der Waals surface area contributed by atoms with Crippen LogP contribution in [0, 0.1) is 15.9 Å². The van der Waals surface area contributed by atoms with E-state index in [9.17, 15) is 19.3 Å². The van der Waals surface area contributed by atoms with E-state index in [0.29, 0.717) is 0 Å². The highest BCUT2D eigenvalue weighted by atomic mass is 19.1. The van der Waals surface area contributed by atoms with Crippen molar-refractivity contribution in [1.29, 1.82) is 0 Å². The zero-order valence-corrected chi connectivity index (χ0v) is 11.7. The number of nitro benzene ring substituents is 1. The number of nitrogens with zero attached hydrogens (tertiary/aromatic N) is 1. The first kappa shape index (κ1) is 15.4. The maximum Gasteiger partial charge on any atom is 0.271 e. The minimum absolute atomic E-state index is 0.0378. The molecule has 1 atom stereocenters. The lowest BCUT2D eigenvalue weighted by Crippen LogP contribution is -2.30. The molecule has 0 aromatic heterocycles. The van der Waals surface area contributed by atoms with Gasteiger partial charge in [-0.3, -0.25) is 14.9 Å². The summed E-state index contributed by atoms with van der Waals surface area (Å²) in [6.07, 6.45) is -0.962. The van der Waals surface area contributed by atoms with Crippen molar-refractivity contribution in [2.24, 2.45) is 0 Å². The van der Waals surface area contributed by atoms with Crippen molar-refractivity contribution in [3.8, 4) is 5.75 Å². The summed E-state index contributed by atoms with van der Waals surface area (Å²) in [6.45, 7) is 1.46. The Labute approximate surface area is 125 Å². The summed E-state index contributed by atoms with van der Waals surface area (Å²) in [5, 5.41) is 13.2. The van der Waals surface area contributed by atoms with E-state index in [0.717, 1.165) is 0 Å². The summed E-state index contributed by atoms with van der Waals surface area (Å²) in [5.74, 6) is -1.15. The molecule has 0 bridgehead atoms. The van der Waals surface area contributed by atoms with Crippen molar-refractivity contribution in [3.05, 3.63) is 64.5 Å².